The number of carbonyl (C=O) groups excluding carboxylic acids is 4. The molecule has 0 amide bonds. The molecular weight excluding hydrogens is 1150 g/mol. The summed E-state index contributed by atoms with van der Waals surface area (Å²) in [6, 6.07) is 0. The van der Waals surface area contributed by atoms with Crippen molar-refractivity contribution < 1.29 is 80.2 Å². The van der Waals surface area contributed by atoms with Crippen LogP contribution < -0.4 is 0 Å². The van der Waals surface area contributed by atoms with Gasteiger partial charge >= 0.3 is 39.5 Å². The van der Waals surface area contributed by atoms with Crippen LogP contribution in [-0.2, 0) is 65.4 Å². The molecule has 0 bridgehead atoms. The minimum atomic E-state index is -4.95. The zero-order chi connectivity index (χ0) is 64.7. The summed E-state index contributed by atoms with van der Waals surface area (Å²) in [7, 11) is -9.90. The van der Waals surface area contributed by atoms with E-state index >= 15 is 0 Å². The Labute approximate surface area is 530 Å². The van der Waals surface area contributed by atoms with E-state index in [-0.39, 0.29) is 25.7 Å². The van der Waals surface area contributed by atoms with Gasteiger partial charge in [-0.1, -0.05) is 280 Å². The maximum absolute atomic E-state index is 13.0. The van der Waals surface area contributed by atoms with Gasteiger partial charge in [-0.15, -0.1) is 0 Å². The van der Waals surface area contributed by atoms with E-state index in [0.29, 0.717) is 31.6 Å². The van der Waals surface area contributed by atoms with E-state index in [2.05, 4.69) is 55.4 Å². The maximum Gasteiger partial charge on any atom is 0.472 e. The fourth-order valence-corrected chi connectivity index (χ4v) is 11.7. The molecule has 17 nitrogen and oxygen atoms in total. The van der Waals surface area contributed by atoms with E-state index in [1.807, 2.05) is 0 Å². The van der Waals surface area contributed by atoms with Gasteiger partial charge in [0.2, 0.25) is 0 Å². The summed E-state index contributed by atoms with van der Waals surface area (Å²) in [6.45, 7) is 14.0. The van der Waals surface area contributed by atoms with E-state index in [4.69, 9.17) is 37.0 Å². The van der Waals surface area contributed by atoms with Crippen molar-refractivity contribution in [3.63, 3.8) is 0 Å². The maximum atomic E-state index is 13.0. The van der Waals surface area contributed by atoms with Crippen molar-refractivity contribution in [3.8, 4) is 0 Å². The molecule has 0 radical (unpaired) electrons. The normalized spacial score (nSPS) is 14.6. The number of hydrogen-bond acceptors (Lipinski definition) is 15. The molecule has 0 saturated carbocycles. The molecule has 3 N–H and O–H groups in total. The Morgan fingerprint density at radius 2 is 0.552 bits per heavy atom. The molecule has 0 aliphatic carbocycles. The largest absolute Gasteiger partial charge is 0.472 e. The van der Waals surface area contributed by atoms with Crippen LogP contribution in [0.4, 0.5) is 0 Å². The van der Waals surface area contributed by atoms with Crippen LogP contribution in [0.3, 0.4) is 0 Å². The van der Waals surface area contributed by atoms with Gasteiger partial charge in [-0.05, 0) is 49.4 Å². The van der Waals surface area contributed by atoms with Crippen LogP contribution in [0.1, 0.15) is 331 Å². The molecule has 87 heavy (non-hydrogen) atoms. The predicted molar refractivity (Wildman–Crippen MR) is 349 cm³/mol. The van der Waals surface area contributed by atoms with Crippen LogP contribution in [0.5, 0.6) is 0 Å². The third-order valence-corrected chi connectivity index (χ3v) is 17.8. The highest BCUT2D eigenvalue weighted by Crippen LogP contribution is 2.45. The van der Waals surface area contributed by atoms with Crippen LogP contribution in [0.2, 0.25) is 0 Å². The van der Waals surface area contributed by atoms with Gasteiger partial charge in [0.25, 0.3) is 0 Å². The Bertz CT molecular complexity index is 1730. The second kappa shape index (κ2) is 57.9. The van der Waals surface area contributed by atoms with Crippen molar-refractivity contribution in [2.45, 2.75) is 350 Å². The summed E-state index contributed by atoms with van der Waals surface area (Å²) in [6.07, 6.45) is 39.0. The van der Waals surface area contributed by atoms with Gasteiger partial charge in [0.15, 0.2) is 12.2 Å². The molecule has 4 unspecified atom stereocenters. The number of carbonyl (C=O) groups is 4. The number of ether oxygens (including phenoxy) is 4. The number of unbranched alkanes of at least 4 members (excludes halogenated alkanes) is 30. The Morgan fingerprint density at radius 1 is 0.322 bits per heavy atom. The van der Waals surface area contributed by atoms with Crippen molar-refractivity contribution in [1.82, 2.24) is 0 Å². The zero-order valence-electron chi connectivity index (χ0n) is 56.6. The number of hydrogen-bond donors (Lipinski definition) is 3. The molecular formula is C68H132O17P2. The minimum absolute atomic E-state index is 0.102. The molecule has 19 heteroatoms. The first-order valence-corrected chi connectivity index (χ1v) is 38.2. The zero-order valence-corrected chi connectivity index (χ0v) is 58.4. The van der Waals surface area contributed by atoms with Crippen molar-refractivity contribution in [1.29, 1.82) is 0 Å². The van der Waals surface area contributed by atoms with Gasteiger partial charge < -0.3 is 33.8 Å². The minimum Gasteiger partial charge on any atom is -0.462 e. The monoisotopic (exact) mass is 1280 g/mol. The second-order valence-corrected chi connectivity index (χ2v) is 29.1. The summed E-state index contributed by atoms with van der Waals surface area (Å²) in [4.78, 5) is 72.4. The average Bonchev–Trinajstić information content (AvgIpc) is 3.57. The third kappa shape index (κ3) is 61.3. The molecule has 0 saturated heterocycles. The molecule has 0 heterocycles. The molecule has 0 aliphatic heterocycles. The van der Waals surface area contributed by atoms with E-state index in [0.717, 1.165) is 114 Å². The molecule has 0 aromatic rings. The second-order valence-electron chi connectivity index (χ2n) is 26.2. The van der Waals surface area contributed by atoms with Crippen LogP contribution in [0.15, 0.2) is 0 Å². The molecule has 0 aromatic carbocycles. The fraction of sp³-hybridized carbons (Fsp3) is 0.941. The van der Waals surface area contributed by atoms with Gasteiger partial charge in [0, 0.05) is 25.7 Å². The Hall–Kier alpha value is -1.94. The van der Waals surface area contributed by atoms with Crippen LogP contribution in [-0.4, -0.2) is 96.7 Å². The van der Waals surface area contributed by atoms with Gasteiger partial charge in [-0.3, -0.25) is 37.3 Å². The average molecular weight is 1280 g/mol. The summed E-state index contributed by atoms with van der Waals surface area (Å²) in [5.41, 5.74) is 0. The molecule has 0 aromatic heterocycles. The standard InChI is InChI=1S/C68H132O17P2/c1-9-61(8)47-39-31-26-27-35-43-51-68(73)85-64(55-78-65(70)48-40-32-23-17-12-10-11-15-20-28-36-44-58(2)3)57-83-87(76,77)81-53-62(69)52-80-86(74,75)82-56-63(54-79-66(71)49-41-33-25-19-22-30-38-46-60(6)7)84-67(72)50-42-34-24-18-14-13-16-21-29-37-45-59(4)5/h58-64,69H,9-57H2,1-8H3,(H,74,75)(H,76,77)/t61?,62?,63-,64-/m1/s1. The lowest BCUT2D eigenvalue weighted by Crippen LogP contribution is -2.30. The highest BCUT2D eigenvalue weighted by molar-refractivity contribution is 7.47. The number of phosphoric acid groups is 2. The van der Waals surface area contributed by atoms with Crippen LogP contribution in [0.25, 0.3) is 0 Å². The topological polar surface area (TPSA) is 237 Å². The number of phosphoric ester groups is 2. The molecule has 516 valence electrons. The number of aliphatic hydroxyl groups is 1. The highest BCUT2D eigenvalue weighted by atomic mass is 31.2. The lowest BCUT2D eigenvalue weighted by molar-refractivity contribution is -0.161. The van der Waals surface area contributed by atoms with Gasteiger partial charge in [-0.25, -0.2) is 9.13 Å². The number of rotatable bonds is 65. The SMILES string of the molecule is CCC(C)CCCCCCCCC(=O)O[C@H](COC(=O)CCCCCCCCCCCCCC(C)C)COP(=O)(O)OCC(O)COP(=O)(O)OC[C@@H](COC(=O)CCCCCCCCCC(C)C)OC(=O)CCCCCCCCCCCCC(C)C. The first-order chi connectivity index (χ1) is 41.6. The molecule has 6 atom stereocenters. The molecule has 0 spiro atoms. The van der Waals surface area contributed by atoms with Crippen LogP contribution >= 0.6 is 15.6 Å². The lowest BCUT2D eigenvalue weighted by Gasteiger charge is -2.21. The van der Waals surface area contributed by atoms with E-state index in [1.165, 1.54) is 128 Å². The van der Waals surface area contributed by atoms with Gasteiger partial charge in [0.05, 0.1) is 26.4 Å². The van der Waals surface area contributed by atoms with Crippen molar-refractivity contribution >= 4 is 39.5 Å². The van der Waals surface area contributed by atoms with Gasteiger partial charge in [-0.2, -0.15) is 0 Å². The summed E-state index contributed by atoms with van der Waals surface area (Å²) in [5, 5.41) is 10.6. The fourth-order valence-electron chi connectivity index (χ4n) is 10.1. The highest BCUT2D eigenvalue weighted by Gasteiger charge is 2.30. The van der Waals surface area contributed by atoms with Gasteiger partial charge in [0.1, 0.15) is 19.3 Å². The smallest absolute Gasteiger partial charge is 0.462 e. The number of aliphatic hydroxyl groups excluding tert-OH is 1. The summed E-state index contributed by atoms with van der Waals surface area (Å²) >= 11 is 0. The van der Waals surface area contributed by atoms with Crippen molar-refractivity contribution in [2.75, 3.05) is 39.6 Å². The molecule has 0 rings (SSSR count). The van der Waals surface area contributed by atoms with Crippen molar-refractivity contribution in [2.24, 2.45) is 23.7 Å². The Balaban J connectivity index is 5.24. The summed E-state index contributed by atoms with van der Waals surface area (Å²) in [5.74, 6) is 0.813. The lowest BCUT2D eigenvalue weighted by atomic mass is 10.00. The van der Waals surface area contributed by atoms with E-state index < -0.39 is 97.5 Å². The summed E-state index contributed by atoms with van der Waals surface area (Å²) < 4.78 is 68.2. The van der Waals surface area contributed by atoms with E-state index in [9.17, 15) is 43.2 Å². The molecule has 0 fully saturated rings. The Morgan fingerprint density at radius 3 is 0.816 bits per heavy atom. The van der Waals surface area contributed by atoms with Crippen molar-refractivity contribution in [3.05, 3.63) is 0 Å². The Kier molecular flexibility index (Phi) is 56.6. The first-order valence-electron chi connectivity index (χ1n) is 35.2. The first kappa shape index (κ1) is 85.1. The van der Waals surface area contributed by atoms with E-state index in [1.54, 1.807) is 0 Å². The van der Waals surface area contributed by atoms with Crippen LogP contribution in [0, 0.1) is 23.7 Å². The molecule has 0 aliphatic rings. The quantitative estimate of drug-likeness (QED) is 0.0222. The predicted octanol–water partition coefficient (Wildman–Crippen LogP) is 18.9. The third-order valence-electron chi connectivity index (χ3n) is 15.9. The number of esters is 4.